The van der Waals surface area contributed by atoms with Gasteiger partial charge in [0.15, 0.2) is 0 Å². The summed E-state index contributed by atoms with van der Waals surface area (Å²) in [5.74, 6) is 0.121. The molecular weight excluding hydrogens is 208 g/mol. The van der Waals surface area contributed by atoms with Gasteiger partial charge in [-0.25, -0.2) is 0 Å². The fourth-order valence-electron chi connectivity index (χ4n) is 1.17. The molecule has 0 bridgehead atoms. The van der Waals surface area contributed by atoms with Crippen LogP contribution in [0.25, 0.3) is 0 Å². The molecule has 0 aromatic rings. The molecule has 0 heterocycles. The highest BCUT2D eigenvalue weighted by atomic mass is 32.2. The second-order valence-corrected chi connectivity index (χ2v) is 6.75. The molecule has 0 aromatic carbocycles. The van der Waals surface area contributed by atoms with Crippen molar-refractivity contribution < 1.29 is 4.79 Å². The summed E-state index contributed by atoms with van der Waals surface area (Å²) in [5.41, 5.74) is -0.152. The van der Waals surface area contributed by atoms with Crippen LogP contribution in [0.4, 0.5) is 0 Å². The maximum absolute atomic E-state index is 11.9. The van der Waals surface area contributed by atoms with Crippen LogP contribution in [0, 0.1) is 0 Å². The van der Waals surface area contributed by atoms with Gasteiger partial charge in [-0.05, 0) is 33.1 Å². The van der Waals surface area contributed by atoms with Crippen molar-refractivity contribution in [3.8, 4) is 0 Å². The van der Waals surface area contributed by atoms with Crippen molar-refractivity contribution in [1.29, 1.82) is 0 Å². The average molecular weight is 232 g/mol. The quantitative estimate of drug-likeness (QED) is 0.757. The predicted octanol–water partition coefficient (Wildman–Crippen LogP) is 1.63. The lowest BCUT2D eigenvalue weighted by molar-refractivity contribution is -0.121. The molecule has 0 saturated heterocycles. The summed E-state index contributed by atoms with van der Waals surface area (Å²) >= 11 is 1.70. The van der Waals surface area contributed by atoms with Gasteiger partial charge >= 0.3 is 0 Å². The summed E-state index contributed by atoms with van der Waals surface area (Å²) in [6.07, 6.45) is 0. The number of thioether (sulfide) groups is 1. The first-order valence-electron chi connectivity index (χ1n) is 5.38. The van der Waals surface area contributed by atoms with Crippen molar-refractivity contribution in [1.82, 2.24) is 10.6 Å². The molecule has 0 fully saturated rings. The molecule has 2 N–H and O–H groups in total. The fourth-order valence-corrected chi connectivity index (χ4v) is 2.27. The maximum atomic E-state index is 11.9. The molecular formula is C11H24N2OS. The van der Waals surface area contributed by atoms with Crippen LogP contribution >= 0.6 is 11.8 Å². The van der Waals surface area contributed by atoms with Crippen molar-refractivity contribution in [3.05, 3.63) is 0 Å². The standard InChI is InChI=1S/C11H24N2OS/c1-8(2)15-9(7-12-6)10(14)13-11(3,4)5/h8-9,12H,7H2,1-6H3,(H,13,14). The summed E-state index contributed by atoms with van der Waals surface area (Å²) in [7, 11) is 1.87. The minimum Gasteiger partial charge on any atom is -0.351 e. The van der Waals surface area contributed by atoms with Gasteiger partial charge in [-0.3, -0.25) is 4.79 Å². The monoisotopic (exact) mass is 232 g/mol. The van der Waals surface area contributed by atoms with Gasteiger partial charge < -0.3 is 10.6 Å². The summed E-state index contributed by atoms with van der Waals surface area (Å²) in [5, 5.41) is 6.53. The third kappa shape index (κ3) is 7.68. The molecule has 0 aliphatic heterocycles. The molecule has 1 unspecified atom stereocenters. The molecule has 90 valence electrons. The Morgan fingerprint density at radius 2 is 1.87 bits per heavy atom. The van der Waals surface area contributed by atoms with E-state index in [1.165, 1.54) is 0 Å². The Morgan fingerprint density at radius 3 is 2.20 bits per heavy atom. The smallest absolute Gasteiger partial charge is 0.234 e. The molecule has 15 heavy (non-hydrogen) atoms. The van der Waals surface area contributed by atoms with E-state index in [4.69, 9.17) is 0 Å². The molecule has 0 aromatic heterocycles. The van der Waals surface area contributed by atoms with E-state index in [9.17, 15) is 4.79 Å². The maximum Gasteiger partial charge on any atom is 0.234 e. The highest BCUT2D eigenvalue weighted by molar-refractivity contribution is 8.01. The summed E-state index contributed by atoms with van der Waals surface area (Å²) in [6, 6.07) is 0. The molecule has 0 aliphatic rings. The van der Waals surface area contributed by atoms with Crippen molar-refractivity contribution in [3.63, 3.8) is 0 Å². The van der Waals surface area contributed by atoms with Gasteiger partial charge in [0.2, 0.25) is 5.91 Å². The van der Waals surface area contributed by atoms with Crippen LogP contribution in [-0.2, 0) is 4.79 Å². The lowest BCUT2D eigenvalue weighted by Crippen LogP contribution is -2.47. The highest BCUT2D eigenvalue weighted by Crippen LogP contribution is 2.17. The topological polar surface area (TPSA) is 41.1 Å². The van der Waals surface area contributed by atoms with E-state index in [0.29, 0.717) is 11.8 Å². The minimum atomic E-state index is -0.152. The van der Waals surface area contributed by atoms with Crippen molar-refractivity contribution in [2.75, 3.05) is 13.6 Å². The van der Waals surface area contributed by atoms with E-state index in [1.54, 1.807) is 11.8 Å². The number of amides is 1. The molecule has 3 nitrogen and oxygen atoms in total. The second-order valence-electron chi connectivity index (χ2n) is 4.97. The first kappa shape index (κ1) is 14.8. The van der Waals surface area contributed by atoms with Gasteiger partial charge in [-0.15, -0.1) is 11.8 Å². The zero-order valence-corrected chi connectivity index (χ0v) is 11.5. The van der Waals surface area contributed by atoms with Crippen LogP contribution in [0.3, 0.4) is 0 Å². The van der Waals surface area contributed by atoms with Gasteiger partial charge in [0.05, 0.1) is 5.25 Å². The predicted molar refractivity (Wildman–Crippen MR) is 68.3 cm³/mol. The van der Waals surface area contributed by atoms with Gasteiger partial charge in [-0.2, -0.15) is 0 Å². The molecule has 1 atom stereocenters. The Balaban J connectivity index is 4.28. The number of carbonyl (C=O) groups excluding carboxylic acids is 1. The van der Waals surface area contributed by atoms with E-state index in [-0.39, 0.29) is 16.7 Å². The van der Waals surface area contributed by atoms with Crippen LogP contribution < -0.4 is 10.6 Å². The molecule has 0 aliphatic carbocycles. The van der Waals surface area contributed by atoms with E-state index < -0.39 is 0 Å². The molecule has 0 radical (unpaired) electrons. The molecule has 1 amide bonds. The van der Waals surface area contributed by atoms with Crippen molar-refractivity contribution >= 4 is 17.7 Å². The summed E-state index contributed by atoms with van der Waals surface area (Å²) in [6.45, 7) is 10.9. The van der Waals surface area contributed by atoms with Crippen LogP contribution in [0.15, 0.2) is 0 Å². The van der Waals surface area contributed by atoms with Crippen LogP contribution in [0.1, 0.15) is 34.6 Å². The molecule has 4 heteroatoms. The van der Waals surface area contributed by atoms with Gasteiger partial charge in [-0.1, -0.05) is 13.8 Å². The van der Waals surface area contributed by atoms with Crippen molar-refractivity contribution in [2.45, 2.75) is 50.7 Å². The summed E-state index contributed by atoms with van der Waals surface area (Å²) < 4.78 is 0. The fraction of sp³-hybridized carbons (Fsp3) is 0.909. The van der Waals surface area contributed by atoms with Crippen molar-refractivity contribution in [2.24, 2.45) is 0 Å². The van der Waals surface area contributed by atoms with E-state index in [2.05, 4.69) is 24.5 Å². The zero-order valence-electron chi connectivity index (χ0n) is 10.7. The van der Waals surface area contributed by atoms with E-state index in [1.807, 2.05) is 27.8 Å². The van der Waals surface area contributed by atoms with E-state index >= 15 is 0 Å². The van der Waals surface area contributed by atoms with Gasteiger partial charge in [0, 0.05) is 12.1 Å². The zero-order chi connectivity index (χ0) is 12.1. The molecule has 0 saturated carbocycles. The third-order valence-electron chi connectivity index (χ3n) is 1.62. The first-order valence-corrected chi connectivity index (χ1v) is 6.32. The van der Waals surface area contributed by atoms with Crippen LogP contribution in [0.5, 0.6) is 0 Å². The Hall–Kier alpha value is -0.220. The Labute approximate surface area is 97.8 Å². The number of rotatable bonds is 5. The Morgan fingerprint density at radius 1 is 1.33 bits per heavy atom. The Bertz CT molecular complexity index is 199. The minimum absolute atomic E-state index is 0.00535. The highest BCUT2D eigenvalue weighted by Gasteiger charge is 2.23. The lowest BCUT2D eigenvalue weighted by atomic mass is 10.1. The normalized spacial score (nSPS) is 14.1. The third-order valence-corrected chi connectivity index (χ3v) is 2.87. The number of nitrogens with one attached hydrogen (secondary N) is 2. The largest absolute Gasteiger partial charge is 0.351 e. The first-order chi connectivity index (χ1) is 6.76. The number of carbonyl (C=O) groups is 1. The van der Waals surface area contributed by atoms with Crippen LogP contribution in [-0.4, -0.2) is 35.5 Å². The molecule has 0 rings (SSSR count). The average Bonchev–Trinajstić information content (AvgIpc) is 1.99. The second kappa shape index (κ2) is 6.38. The number of hydrogen-bond acceptors (Lipinski definition) is 3. The number of hydrogen-bond donors (Lipinski definition) is 2. The van der Waals surface area contributed by atoms with Crippen LogP contribution in [0.2, 0.25) is 0 Å². The molecule has 0 spiro atoms. The lowest BCUT2D eigenvalue weighted by Gasteiger charge is -2.25. The van der Waals surface area contributed by atoms with E-state index in [0.717, 1.165) is 0 Å². The summed E-state index contributed by atoms with van der Waals surface area (Å²) in [4.78, 5) is 11.9. The van der Waals surface area contributed by atoms with Gasteiger partial charge in [0.1, 0.15) is 0 Å². The Kier molecular flexibility index (Phi) is 6.29. The SMILES string of the molecule is CNCC(SC(C)C)C(=O)NC(C)(C)C. The van der Waals surface area contributed by atoms with Gasteiger partial charge in [0.25, 0.3) is 0 Å².